The molecule has 2 aromatic carbocycles. The number of carbonyl (C=O) groups excluding carboxylic acids is 1. The number of ether oxygens (including phenoxy) is 2. The van der Waals surface area contributed by atoms with E-state index in [2.05, 4.69) is 4.99 Å². The van der Waals surface area contributed by atoms with Gasteiger partial charge in [-0.3, -0.25) is 4.79 Å². The van der Waals surface area contributed by atoms with Crippen LogP contribution in [0.1, 0.15) is 5.56 Å². The number of rotatable bonds is 5. The van der Waals surface area contributed by atoms with E-state index in [1.807, 2.05) is 4.90 Å². The predicted octanol–water partition coefficient (Wildman–Crippen LogP) is 3.20. The average molecular weight is 481 g/mol. The maximum Gasteiger partial charge on any atom is 0.252 e. The maximum absolute atomic E-state index is 12.7. The van der Waals surface area contributed by atoms with E-state index in [-0.39, 0.29) is 35.1 Å². The zero-order valence-electron chi connectivity index (χ0n) is 16.9. The van der Waals surface area contributed by atoms with Gasteiger partial charge in [-0.2, -0.15) is 4.99 Å². The van der Waals surface area contributed by atoms with Crippen LogP contribution in [0.5, 0.6) is 11.5 Å². The Morgan fingerprint density at radius 2 is 1.90 bits per heavy atom. The number of aliphatic imine (C=N–C) groups is 1. The fourth-order valence-corrected chi connectivity index (χ4v) is 7.80. The van der Waals surface area contributed by atoms with E-state index in [4.69, 9.17) is 21.1 Å². The summed E-state index contributed by atoms with van der Waals surface area (Å²) >= 11 is 7.23. The number of methoxy groups -OCH3 is 2. The van der Waals surface area contributed by atoms with Crippen molar-refractivity contribution >= 4 is 50.0 Å². The van der Waals surface area contributed by atoms with E-state index in [9.17, 15) is 13.2 Å². The summed E-state index contributed by atoms with van der Waals surface area (Å²) in [6.07, 6.45) is 0.127. The SMILES string of the molecule is COc1ccc(N2C(=NC(=O)Cc3ccc(Cl)cc3)S[C@H]3CS(=O)(=O)C[C@H]32)c(OC)c1. The maximum atomic E-state index is 12.7. The molecule has 0 saturated carbocycles. The summed E-state index contributed by atoms with van der Waals surface area (Å²) in [6.45, 7) is 0. The van der Waals surface area contributed by atoms with Crippen LogP contribution in [-0.2, 0) is 21.1 Å². The molecule has 1 amide bonds. The van der Waals surface area contributed by atoms with Gasteiger partial charge < -0.3 is 14.4 Å². The predicted molar refractivity (Wildman–Crippen MR) is 123 cm³/mol. The zero-order valence-corrected chi connectivity index (χ0v) is 19.3. The molecular weight excluding hydrogens is 460 g/mol. The summed E-state index contributed by atoms with van der Waals surface area (Å²) in [5, 5.41) is 0.881. The minimum Gasteiger partial charge on any atom is -0.497 e. The Labute approximate surface area is 190 Å². The Morgan fingerprint density at radius 3 is 2.58 bits per heavy atom. The Balaban J connectivity index is 1.69. The highest BCUT2D eigenvalue weighted by atomic mass is 35.5. The van der Waals surface area contributed by atoms with Crippen molar-refractivity contribution in [1.82, 2.24) is 0 Å². The zero-order chi connectivity index (χ0) is 22.2. The van der Waals surface area contributed by atoms with Gasteiger partial charge in [-0.1, -0.05) is 35.5 Å². The lowest BCUT2D eigenvalue weighted by atomic mass is 10.1. The van der Waals surface area contributed by atoms with Crippen LogP contribution in [0.3, 0.4) is 0 Å². The lowest BCUT2D eigenvalue weighted by Crippen LogP contribution is -2.38. The molecule has 7 nitrogen and oxygen atoms in total. The molecule has 0 unspecified atom stereocenters. The number of nitrogens with zero attached hydrogens (tertiary/aromatic N) is 2. The molecule has 4 rings (SSSR count). The van der Waals surface area contributed by atoms with E-state index in [1.165, 1.54) is 18.9 Å². The number of halogens is 1. The molecule has 2 fully saturated rings. The molecule has 0 N–H and O–H groups in total. The Kier molecular flexibility index (Phi) is 6.18. The molecule has 2 aliphatic heterocycles. The fraction of sp³-hybridized carbons (Fsp3) is 0.333. The molecule has 31 heavy (non-hydrogen) atoms. The summed E-state index contributed by atoms with van der Waals surface area (Å²) in [5.41, 5.74) is 1.46. The van der Waals surface area contributed by atoms with Gasteiger partial charge in [0.1, 0.15) is 11.5 Å². The van der Waals surface area contributed by atoms with Gasteiger partial charge in [0.25, 0.3) is 5.91 Å². The van der Waals surface area contributed by atoms with Crippen LogP contribution in [0.4, 0.5) is 5.69 Å². The first kappa shape index (κ1) is 22.0. The molecule has 0 aliphatic carbocycles. The Bertz CT molecular complexity index is 1130. The van der Waals surface area contributed by atoms with Gasteiger partial charge in [0.15, 0.2) is 15.0 Å². The molecule has 0 bridgehead atoms. The highest BCUT2D eigenvalue weighted by Gasteiger charge is 2.50. The number of benzene rings is 2. The second kappa shape index (κ2) is 8.72. The molecule has 2 atom stereocenters. The van der Waals surface area contributed by atoms with Gasteiger partial charge in [0.05, 0.1) is 43.9 Å². The van der Waals surface area contributed by atoms with Gasteiger partial charge in [-0.25, -0.2) is 8.42 Å². The number of anilines is 1. The van der Waals surface area contributed by atoms with Crippen molar-refractivity contribution < 1.29 is 22.7 Å². The number of sulfone groups is 1. The molecule has 2 saturated heterocycles. The second-order valence-electron chi connectivity index (χ2n) is 7.30. The summed E-state index contributed by atoms with van der Waals surface area (Å²) in [7, 11) is -0.0716. The molecule has 0 aromatic heterocycles. The molecule has 2 aliphatic rings. The van der Waals surface area contributed by atoms with Crippen LogP contribution in [0.25, 0.3) is 0 Å². The summed E-state index contributed by atoms with van der Waals surface area (Å²) < 4.78 is 35.3. The van der Waals surface area contributed by atoms with Crippen molar-refractivity contribution in [3.8, 4) is 11.5 Å². The van der Waals surface area contributed by atoms with Gasteiger partial charge in [-0.15, -0.1) is 0 Å². The van der Waals surface area contributed by atoms with Crippen LogP contribution in [0.2, 0.25) is 5.02 Å². The lowest BCUT2D eigenvalue weighted by molar-refractivity contribution is -0.117. The summed E-state index contributed by atoms with van der Waals surface area (Å²) in [4.78, 5) is 18.9. The first-order valence-electron chi connectivity index (χ1n) is 9.54. The van der Waals surface area contributed by atoms with Gasteiger partial charge in [-0.05, 0) is 29.8 Å². The average Bonchev–Trinajstić information content (AvgIpc) is 3.19. The number of thioether (sulfide) groups is 1. The van der Waals surface area contributed by atoms with Crippen LogP contribution < -0.4 is 14.4 Å². The minimum absolute atomic E-state index is 0.00421. The van der Waals surface area contributed by atoms with Crippen molar-refractivity contribution in [2.45, 2.75) is 17.7 Å². The topological polar surface area (TPSA) is 85.3 Å². The van der Waals surface area contributed by atoms with Gasteiger partial charge in [0, 0.05) is 16.3 Å². The summed E-state index contributed by atoms with van der Waals surface area (Å²) in [5.74, 6) is 0.875. The van der Waals surface area contributed by atoms with Crippen molar-refractivity contribution in [2.75, 3.05) is 30.6 Å². The van der Waals surface area contributed by atoms with E-state index in [0.717, 1.165) is 5.56 Å². The van der Waals surface area contributed by atoms with Gasteiger partial charge >= 0.3 is 0 Å². The highest BCUT2D eigenvalue weighted by Crippen LogP contribution is 2.44. The standard InChI is InChI=1S/C21H21ClN2O5S2/c1-28-15-7-8-16(18(10-15)29-2)24-17-11-31(26,27)12-19(17)30-21(24)23-20(25)9-13-3-5-14(22)6-4-13/h3-8,10,17,19H,9,11-12H2,1-2H3/t17-,19+/m1/s1. The Morgan fingerprint density at radius 1 is 1.16 bits per heavy atom. The third kappa shape index (κ3) is 4.68. The fourth-order valence-electron chi connectivity index (χ4n) is 3.75. The third-order valence-electron chi connectivity index (χ3n) is 5.20. The van der Waals surface area contributed by atoms with Crippen molar-refractivity contribution in [3.05, 3.63) is 53.1 Å². The molecule has 0 radical (unpaired) electrons. The van der Waals surface area contributed by atoms with E-state index in [0.29, 0.717) is 27.4 Å². The molecule has 2 heterocycles. The number of amidine groups is 1. The third-order valence-corrected chi connectivity index (χ3v) is 8.66. The second-order valence-corrected chi connectivity index (χ2v) is 11.1. The van der Waals surface area contributed by atoms with Crippen molar-refractivity contribution in [1.29, 1.82) is 0 Å². The lowest BCUT2D eigenvalue weighted by Gasteiger charge is -2.26. The van der Waals surface area contributed by atoms with Crippen LogP contribution in [-0.4, -0.2) is 56.5 Å². The first-order chi connectivity index (χ1) is 14.8. The smallest absolute Gasteiger partial charge is 0.252 e. The number of hydrogen-bond acceptors (Lipinski definition) is 6. The van der Waals surface area contributed by atoms with E-state index >= 15 is 0 Å². The quantitative estimate of drug-likeness (QED) is 0.649. The van der Waals surface area contributed by atoms with Crippen LogP contribution in [0.15, 0.2) is 47.5 Å². The number of hydrogen-bond donors (Lipinski definition) is 0. The monoisotopic (exact) mass is 480 g/mol. The molecular formula is C21H21ClN2O5S2. The van der Waals surface area contributed by atoms with Crippen LogP contribution >= 0.6 is 23.4 Å². The highest BCUT2D eigenvalue weighted by molar-refractivity contribution is 8.16. The van der Waals surface area contributed by atoms with E-state index in [1.54, 1.807) is 49.6 Å². The largest absolute Gasteiger partial charge is 0.497 e. The molecule has 0 spiro atoms. The minimum atomic E-state index is -3.16. The normalized spacial score (nSPS) is 23.1. The van der Waals surface area contributed by atoms with Crippen LogP contribution in [0, 0.1) is 0 Å². The number of carbonyl (C=O) groups is 1. The number of amides is 1. The Hall–Kier alpha value is -2.23. The number of fused-ring (bicyclic) bond motifs is 1. The molecule has 10 heteroatoms. The van der Waals surface area contributed by atoms with Crippen molar-refractivity contribution in [3.63, 3.8) is 0 Å². The molecule has 2 aromatic rings. The van der Waals surface area contributed by atoms with Crippen molar-refractivity contribution in [2.24, 2.45) is 4.99 Å². The molecule has 164 valence electrons. The van der Waals surface area contributed by atoms with E-state index < -0.39 is 9.84 Å². The first-order valence-corrected chi connectivity index (χ1v) is 12.6. The van der Waals surface area contributed by atoms with Gasteiger partial charge in [0.2, 0.25) is 0 Å². The summed E-state index contributed by atoms with van der Waals surface area (Å²) in [6, 6.07) is 12.0.